The average Bonchev–Trinajstić information content (AvgIpc) is 3.44. The van der Waals surface area contributed by atoms with E-state index in [0.717, 1.165) is 60.4 Å². The summed E-state index contributed by atoms with van der Waals surface area (Å²) in [5.41, 5.74) is 11.8. The molecule has 190 valence electrons. The summed E-state index contributed by atoms with van der Waals surface area (Å²) < 4.78 is 1.93. The summed E-state index contributed by atoms with van der Waals surface area (Å²) in [6.45, 7) is 4.37. The fourth-order valence-electron chi connectivity index (χ4n) is 4.80. The predicted octanol–water partition coefficient (Wildman–Crippen LogP) is 4.16. The van der Waals surface area contributed by atoms with Gasteiger partial charge in [-0.1, -0.05) is 18.2 Å². The SMILES string of the molecule is CC(O)c1cccc(-c2ccnc(C(=O)Nc3cc(CN4CCC[C@H](N)C4)cc(-n4ccnc4)c3)c2)c1. The number of nitrogens with one attached hydrogen (secondary N) is 1. The summed E-state index contributed by atoms with van der Waals surface area (Å²) in [5.74, 6) is -0.290. The van der Waals surface area contributed by atoms with Crippen LogP contribution in [0.5, 0.6) is 0 Å². The normalized spacial score (nSPS) is 16.9. The third-order valence-corrected chi connectivity index (χ3v) is 6.68. The van der Waals surface area contributed by atoms with Gasteiger partial charge in [0.15, 0.2) is 0 Å². The van der Waals surface area contributed by atoms with Crippen molar-refractivity contribution < 1.29 is 9.90 Å². The molecule has 8 nitrogen and oxygen atoms in total. The highest BCUT2D eigenvalue weighted by Crippen LogP contribution is 2.25. The number of amides is 1. The molecule has 8 heteroatoms. The fourth-order valence-corrected chi connectivity index (χ4v) is 4.80. The number of aliphatic hydroxyl groups is 1. The van der Waals surface area contributed by atoms with E-state index < -0.39 is 6.10 Å². The van der Waals surface area contributed by atoms with E-state index >= 15 is 0 Å². The number of imidazole rings is 1. The molecule has 4 aromatic rings. The Balaban J connectivity index is 1.40. The van der Waals surface area contributed by atoms with E-state index in [0.29, 0.717) is 11.4 Å². The minimum absolute atomic E-state index is 0.199. The third-order valence-electron chi connectivity index (χ3n) is 6.68. The Morgan fingerprint density at radius 1 is 1.16 bits per heavy atom. The standard InChI is InChI=1S/C29H32N6O2/c1-20(36)22-4-2-5-23(14-22)24-7-8-32-28(15-24)29(37)33-26-12-21(17-34-10-3-6-25(30)18-34)13-27(16-26)35-11-9-31-19-35/h2,4-5,7-9,11-16,19-20,25,36H,3,6,10,17-18,30H2,1H3,(H,33,37)/t20?,25-/m0/s1. The van der Waals surface area contributed by atoms with E-state index in [1.165, 1.54) is 0 Å². The molecule has 1 saturated heterocycles. The Bertz CT molecular complexity index is 1370. The maximum atomic E-state index is 13.3. The second-order valence-electron chi connectivity index (χ2n) is 9.68. The van der Waals surface area contributed by atoms with Crippen LogP contribution in [-0.2, 0) is 6.54 Å². The Morgan fingerprint density at radius 3 is 2.81 bits per heavy atom. The van der Waals surface area contributed by atoms with Gasteiger partial charge in [-0.25, -0.2) is 4.98 Å². The van der Waals surface area contributed by atoms with Crippen LogP contribution in [0.1, 0.15) is 47.5 Å². The molecule has 3 heterocycles. The predicted molar refractivity (Wildman–Crippen MR) is 144 cm³/mol. The van der Waals surface area contributed by atoms with Gasteiger partial charge in [-0.2, -0.15) is 0 Å². The number of benzene rings is 2. The Labute approximate surface area is 216 Å². The maximum Gasteiger partial charge on any atom is 0.274 e. The zero-order chi connectivity index (χ0) is 25.8. The summed E-state index contributed by atoms with van der Waals surface area (Å²) in [7, 11) is 0. The maximum absolute atomic E-state index is 13.3. The zero-order valence-corrected chi connectivity index (χ0v) is 20.9. The van der Waals surface area contributed by atoms with Crippen molar-refractivity contribution in [1.82, 2.24) is 19.4 Å². The lowest BCUT2D eigenvalue weighted by Gasteiger charge is -2.30. The number of hydrogen-bond donors (Lipinski definition) is 3. The highest BCUT2D eigenvalue weighted by atomic mass is 16.3. The van der Waals surface area contributed by atoms with Crippen molar-refractivity contribution in [2.75, 3.05) is 18.4 Å². The lowest BCUT2D eigenvalue weighted by atomic mass is 10.0. The van der Waals surface area contributed by atoms with Crippen LogP contribution in [0.25, 0.3) is 16.8 Å². The molecule has 2 atom stereocenters. The summed E-state index contributed by atoms with van der Waals surface area (Å²) in [6.07, 6.45) is 8.57. The molecule has 5 rings (SSSR count). The first kappa shape index (κ1) is 24.8. The second-order valence-corrected chi connectivity index (χ2v) is 9.68. The van der Waals surface area contributed by atoms with Crippen LogP contribution >= 0.6 is 0 Å². The largest absolute Gasteiger partial charge is 0.389 e. The Hall–Kier alpha value is -3.85. The molecule has 0 aliphatic carbocycles. The number of piperidine rings is 1. The third kappa shape index (κ3) is 6.11. The van der Waals surface area contributed by atoms with E-state index in [9.17, 15) is 9.90 Å². The van der Waals surface area contributed by atoms with Crippen LogP contribution in [0.3, 0.4) is 0 Å². The average molecular weight is 497 g/mol. The van der Waals surface area contributed by atoms with Crippen molar-refractivity contribution in [2.45, 2.75) is 38.5 Å². The molecule has 0 saturated carbocycles. The van der Waals surface area contributed by atoms with Gasteiger partial charge in [-0.3, -0.25) is 14.7 Å². The molecule has 1 aliphatic rings. The Kier molecular flexibility index (Phi) is 7.41. The summed E-state index contributed by atoms with van der Waals surface area (Å²) in [6, 6.07) is 17.5. The van der Waals surface area contributed by atoms with Crippen molar-refractivity contribution in [3.63, 3.8) is 0 Å². The molecule has 1 unspecified atom stereocenters. The molecule has 37 heavy (non-hydrogen) atoms. The van der Waals surface area contributed by atoms with Gasteiger partial charge in [0.1, 0.15) is 5.69 Å². The Morgan fingerprint density at radius 2 is 2.03 bits per heavy atom. The minimum Gasteiger partial charge on any atom is -0.389 e. The van der Waals surface area contributed by atoms with E-state index in [1.807, 2.05) is 53.2 Å². The molecular weight excluding hydrogens is 464 g/mol. The number of carbonyl (C=O) groups is 1. The van der Waals surface area contributed by atoms with Gasteiger partial charge in [-0.15, -0.1) is 0 Å². The van der Waals surface area contributed by atoms with E-state index in [-0.39, 0.29) is 11.9 Å². The monoisotopic (exact) mass is 496 g/mol. The van der Waals surface area contributed by atoms with Crippen LogP contribution < -0.4 is 11.1 Å². The molecule has 0 radical (unpaired) electrons. The number of aliphatic hydroxyl groups excluding tert-OH is 1. The minimum atomic E-state index is -0.567. The van der Waals surface area contributed by atoms with Crippen LogP contribution in [0.2, 0.25) is 0 Å². The van der Waals surface area contributed by atoms with Gasteiger partial charge in [-0.05, 0) is 85.0 Å². The van der Waals surface area contributed by atoms with Crippen LogP contribution in [0.15, 0.2) is 79.5 Å². The van der Waals surface area contributed by atoms with E-state index in [1.54, 1.807) is 31.7 Å². The zero-order valence-electron chi connectivity index (χ0n) is 20.9. The van der Waals surface area contributed by atoms with E-state index in [4.69, 9.17) is 5.73 Å². The lowest BCUT2D eigenvalue weighted by molar-refractivity contribution is 0.102. The molecule has 2 aromatic carbocycles. The number of anilines is 1. The number of likely N-dealkylation sites (tertiary alicyclic amines) is 1. The molecule has 1 fully saturated rings. The van der Waals surface area contributed by atoms with Gasteiger partial charge >= 0.3 is 0 Å². The number of nitrogens with zero attached hydrogens (tertiary/aromatic N) is 4. The highest BCUT2D eigenvalue weighted by molar-refractivity contribution is 6.03. The fraction of sp³-hybridized carbons (Fsp3) is 0.276. The van der Waals surface area contributed by atoms with Gasteiger partial charge in [0, 0.05) is 49.1 Å². The van der Waals surface area contributed by atoms with Gasteiger partial charge in [0.2, 0.25) is 0 Å². The smallest absolute Gasteiger partial charge is 0.274 e. The van der Waals surface area contributed by atoms with Gasteiger partial charge in [0.05, 0.1) is 12.4 Å². The number of nitrogens with two attached hydrogens (primary N) is 1. The quantitative estimate of drug-likeness (QED) is 0.354. The molecular formula is C29H32N6O2. The number of hydrogen-bond acceptors (Lipinski definition) is 6. The number of carbonyl (C=O) groups excluding carboxylic acids is 1. The highest BCUT2D eigenvalue weighted by Gasteiger charge is 2.18. The molecule has 4 N–H and O–H groups in total. The molecule has 0 spiro atoms. The summed E-state index contributed by atoms with van der Waals surface area (Å²) >= 11 is 0. The van der Waals surface area contributed by atoms with Gasteiger partial charge in [0.25, 0.3) is 5.91 Å². The number of rotatable bonds is 7. The van der Waals surface area contributed by atoms with Crippen molar-refractivity contribution in [2.24, 2.45) is 5.73 Å². The topological polar surface area (TPSA) is 109 Å². The van der Waals surface area contributed by atoms with Crippen molar-refractivity contribution in [3.05, 3.63) is 96.3 Å². The first-order valence-corrected chi connectivity index (χ1v) is 12.6. The van der Waals surface area contributed by atoms with Gasteiger partial charge < -0.3 is 20.7 Å². The molecule has 1 amide bonds. The summed E-state index contributed by atoms with van der Waals surface area (Å²) in [5, 5.41) is 13.0. The molecule has 1 aliphatic heterocycles. The second kappa shape index (κ2) is 11.0. The van der Waals surface area contributed by atoms with Crippen LogP contribution in [0.4, 0.5) is 5.69 Å². The first-order chi connectivity index (χ1) is 17.9. The molecule has 2 aromatic heterocycles. The van der Waals surface area contributed by atoms with E-state index in [2.05, 4.69) is 26.3 Å². The van der Waals surface area contributed by atoms with Crippen LogP contribution in [0, 0.1) is 0 Å². The lowest BCUT2D eigenvalue weighted by Crippen LogP contribution is -2.42. The number of pyridine rings is 1. The first-order valence-electron chi connectivity index (χ1n) is 12.6. The summed E-state index contributed by atoms with van der Waals surface area (Å²) in [4.78, 5) is 24.1. The van der Waals surface area contributed by atoms with Crippen molar-refractivity contribution in [3.8, 4) is 16.8 Å². The van der Waals surface area contributed by atoms with Crippen LogP contribution in [-0.4, -0.2) is 49.6 Å². The molecule has 0 bridgehead atoms. The number of aromatic nitrogens is 3. The van der Waals surface area contributed by atoms with Crippen molar-refractivity contribution in [1.29, 1.82) is 0 Å². The van der Waals surface area contributed by atoms with Crippen molar-refractivity contribution >= 4 is 11.6 Å².